The Morgan fingerprint density at radius 3 is 2.67 bits per heavy atom. The van der Waals surface area contributed by atoms with Gasteiger partial charge in [-0.2, -0.15) is 0 Å². The zero-order valence-corrected chi connectivity index (χ0v) is 10.4. The van der Waals surface area contributed by atoms with Crippen LogP contribution in [-0.2, 0) is 0 Å². The number of nitrogens with two attached hydrogens (primary N) is 1. The second kappa shape index (κ2) is 4.10. The molecule has 0 spiro atoms. The van der Waals surface area contributed by atoms with Gasteiger partial charge >= 0.3 is 0 Å². The molecule has 1 aromatic rings. The lowest BCUT2D eigenvalue weighted by Gasteiger charge is -2.23. The first-order valence-electron chi connectivity index (χ1n) is 5.53. The van der Waals surface area contributed by atoms with Crippen molar-refractivity contribution >= 4 is 16.5 Å². The highest BCUT2D eigenvalue weighted by Gasteiger charge is 2.31. The van der Waals surface area contributed by atoms with E-state index in [1.807, 2.05) is 6.92 Å². The van der Waals surface area contributed by atoms with Gasteiger partial charge in [-0.15, -0.1) is 11.3 Å². The summed E-state index contributed by atoms with van der Waals surface area (Å²) >= 11 is 1.69. The van der Waals surface area contributed by atoms with Crippen LogP contribution in [0.15, 0.2) is 5.38 Å². The van der Waals surface area contributed by atoms with E-state index in [9.17, 15) is 0 Å². The first-order valence-corrected chi connectivity index (χ1v) is 6.41. The number of hydrogen-bond donors (Lipinski definition) is 1. The van der Waals surface area contributed by atoms with Gasteiger partial charge in [0.05, 0.1) is 5.69 Å². The third kappa shape index (κ3) is 2.32. The van der Waals surface area contributed by atoms with Gasteiger partial charge in [0.25, 0.3) is 0 Å². The zero-order valence-electron chi connectivity index (χ0n) is 9.60. The topological polar surface area (TPSA) is 42.1 Å². The molecule has 0 bridgehead atoms. The van der Waals surface area contributed by atoms with Crippen molar-refractivity contribution in [2.75, 3.05) is 11.9 Å². The molecule has 4 heteroatoms. The molecule has 1 aromatic heterocycles. The van der Waals surface area contributed by atoms with Crippen molar-refractivity contribution in [2.45, 2.75) is 38.8 Å². The third-order valence-electron chi connectivity index (χ3n) is 3.19. The molecule has 0 radical (unpaired) electrons. The first kappa shape index (κ1) is 10.9. The number of aromatic nitrogens is 1. The largest absolute Gasteiger partial charge is 0.348 e. The van der Waals surface area contributed by atoms with Crippen molar-refractivity contribution in [2.24, 2.45) is 11.7 Å². The number of rotatable bonds is 4. The van der Waals surface area contributed by atoms with Crippen LogP contribution in [0.4, 0.5) is 5.13 Å². The number of thiazole rings is 1. The van der Waals surface area contributed by atoms with Crippen LogP contribution in [0.25, 0.3) is 0 Å². The summed E-state index contributed by atoms with van der Waals surface area (Å²) in [7, 11) is 2.13. The third-order valence-corrected chi connectivity index (χ3v) is 4.14. The van der Waals surface area contributed by atoms with Gasteiger partial charge in [0.15, 0.2) is 5.13 Å². The average Bonchev–Trinajstić information content (AvgIpc) is 2.93. The van der Waals surface area contributed by atoms with E-state index < -0.39 is 0 Å². The molecule has 0 aliphatic heterocycles. The molecule has 2 unspecified atom stereocenters. The van der Waals surface area contributed by atoms with Crippen molar-refractivity contribution in [1.29, 1.82) is 0 Å². The highest BCUT2D eigenvalue weighted by Crippen LogP contribution is 2.37. The molecule has 84 valence electrons. The van der Waals surface area contributed by atoms with Crippen LogP contribution in [0.5, 0.6) is 0 Å². The summed E-state index contributed by atoms with van der Waals surface area (Å²) in [5.41, 5.74) is 6.81. The minimum absolute atomic E-state index is 0.0413. The molecule has 2 atom stereocenters. The van der Waals surface area contributed by atoms with Gasteiger partial charge in [-0.1, -0.05) is 0 Å². The standard InChI is InChI=1S/C11H19N3S/c1-7(12)10-6-15-11(13-10)14(3)8(2)9-4-5-9/h6-9H,4-5,12H2,1-3H3. The Bertz CT molecular complexity index is 330. The van der Waals surface area contributed by atoms with E-state index >= 15 is 0 Å². The van der Waals surface area contributed by atoms with Crippen LogP contribution >= 0.6 is 11.3 Å². The van der Waals surface area contributed by atoms with Gasteiger partial charge in [-0.3, -0.25) is 0 Å². The van der Waals surface area contributed by atoms with E-state index in [2.05, 4.69) is 29.2 Å². The molecule has 0 amide bonds. The maximum atomic E-state index is 5.80. The van der Waals surface area contributed by atoms with E-state index in [1.165, 1.54) is 12.8 Å². The van der Waals surface area contributed by atoms with Crippen molar-refractivity contribution in [3.05, 3.63) is 11.1 Å². The van der Waals surface area contributed by atoms with E-state index in [-0.39, 0.29) is 6.04 Å². The zero-order chi connectivity index (χ0) is 11.0. The lowest BCUT2D eigenvalue weighted by atomic mass is 10.2. The first-order chi connectivity index (χ1) is 7.09. The fourth-order valence-electron chi connectivity index (χ4n) is 1.72. The maximum Gasteiger partial charge on any atom is 0.185 e. The minimum atomic E-state index is 0.0413. The van der Waals surface area contributed by atoms with Crippen molar-refractivity contribution in [3.8, 4) is 0 Å². The quantitative estimate of drug-likeness (QED) is 0.855. The second-order valence-electron chi connectivity index (χ2n) is 4.53. The number of anilines is 1. The van der Waals surface area contributed by atoms with Gasteiger partial charge in [-0.05, 0) is 32.6 Å². The molecule has 1 fully saturated rings. The number of nitrogens with zero attached hydrogens (tertiary/aromatic N) is 2. The smallest absolute Gasteiger partial charge is 0.185 e. The van der Waals surface area contributed by atoms with Gasteiger partial charge in [-0.25, -0.2) is 4.98 Å². The monoisotopic (exact) mass is 225 g/mol. The van der Waals surface area contributed by atoms with E-state index in [1.54, 1.807) is 11.3 Å². The molecule has 1 saturated carbocycles. The summed E-state index contributed by atoms with van der Waals surface area (Å²) in [5, 5.41) is 3.16. The predicted molar refractivity (Wildman–Crippen MR) is 65.3 cm³/mol. The fourth-order valence-corrected chi connectivity index (χ4v) is 2.70. The predicted octanol–water partition coefficient (Wildman–Crippen LogP) is 2.40. The van der Waals surface area contributed by atoms with Crippen molar-refractivity contribution in [3.63, 3.8) is 0 Å². The van der Waals surface area contributed by atoms with E-state index in [0.717, 1.165) is 16.7 Å². The van der Waals surface area contributed by atoms with Crippen LogP contribution < -0.4 is 10.6 Å². The normalized spacial score (nSPS) is 20.0. The molecular formula is C11H19N3S. The van der Waals surface area contributed by atoms with Crippen LogP contribution in [0.2, 0.25) is 0 Å². The Morgan fingerprint density at radius 1 is 1.53 bits per heavy atom. The summed E-state index contributed by atoms with van der Waals surface area (Å²) in [4.78, 5) is 6.85. The summed E-state index contributed by atoms with van der Waals surface area (Å²) in [5.74, 6) is 0.873. The van der Waals surface area contributed by atoms with Gasteiger partial charge in [0.1, 0.15) is 0 Å². The Morgan fingerprint density at radius 2 is 2.20 bits per heavy atom. The van der Waals surface area contributed by atoms with Gasteiger partial charge in [0.2, 0.25) is 0 Å². The lowest BCUT2D eigenvalue weighted by Crippen LogP contribution is -2.30. The molecule has 15 heavy (non-hydrogen) atoms. The minimum Gasteiger partial charge on any atom is -0.348 e. The van der Waals surface area contributed by atoms with Crippen molar-refractivity contribution < 1.29 is 0 Å². The van der Waals surface area contributed by atoms with Crippen LogP contribution in [0, 0.1) is 5.92 Å². The van der Waals surface area contributed by atoms with Crippen LogP contribution in [0.3, 0.4) is 0 Å². The Hall–Kier alpha value is -0.610. The molecule has 2 rings (SSSR count). The highest BCUT2D eigenvalue weighted by molar-refractivity contribution is 7.13. The number of hydrogen-bond acceptors (Lipinski definition) is 4. The van der Waals surface area contributed by atoms with Gasteiger partial charge in [0, 0.05) is 24.5 Å². The molecule has 1 aliphatic carbocycles. The molecule has 0 saturated heterocycles. The van der Waals surface area contributed by atoms with Crippen LogP contribution in [0.1, 0.15) is 38.4 Å². The summed E-state index contributed by atoms with van der Waals surface area (Å²) < 4.78 is 0. The SMILES string of the molecule is CC(N)c1csc(N(C)C(C)C2CC2)n1. The molecule has 0 aromatic carbocycles. The van der Waals surface area contributed by atoms with Crippen molar-refractivity contribution in [1.82, 2.24) is 4.98 Å². The fraction of sp³-hybridized carbons (Fsp3) is 0.727. The average molecular weight is 225 g/mol. The van der Waals surface area contributed by atoms with E-state index in [4.69, 9.17) is 5.73 Å². The Labute approximate surface area is 95.3 Å². The maximum absolute atomic E-state index is 5.80. The van der Waals surface area contributed by atoms with E-state index in [0.29, 0.717) is 6.04 Å². The summed E-state index contributed by atoms with van der Waals surface area (Å²) in [6.45, 7) is 4.26. The Balaban J connectivity index is 2.07. The molecule has 3 nitrogen and oxygen atoms in total. The van der Waals surface area contributed by atoms with Gasteiger partial charge < -0.3 is 10.6 Å². The summed E-state index contributed by atoms with van der Waals surface area (Å²) in [6.07, 6.45) is 2.74. The highest BCUT2D eigenvalue weighted by atomic mass is 32.1. The lowest BCUT2D eigenvalue weighted by molar-refractivity contribution is 0.606. The Kier molecular flexibility index (Phi) is 2.98. The molecule has 1 heterocycles. The summed E-state index contributed by atoms with van der Waals surface area (Å²) in [6, 6.07) is 0.650. The molecule has 1 aliphatic rings. The second-order valence-corrected chi connectivity index (χ2v) is 5.37. The molecule has 2 N–H and O–H groups in total. The van der Waals surface area contributed by atoms with Crippen LogP contribution in [-0.4, -0.2) is 18.1 Å². The molecular weight excluding hydrogens is 206 g/mol.